The van der Waals surface area contributed by atoms with Crippen LogP contribution in [-0.2, 0) is 7.05 Å². The number of aromatic amines is 1. The standard InChI is InChI=1S/C19H21N3O4/c1-12-3-5-13(6-4-12)16(23)14-7-9-22(10-8-14)18(25)15-11-21(2)19(26)20-17(15)24/h3-6,11,14H,7-10H2,1-2H3,(H,20,24,26). The number of hydrogen-bond acceptors (Lipinski definition) is 4. The first-order valence-electron chi connectivity index (χ1n) is 8.57. The molecule has 0 atom stereocenters. The number of Topliss-reactive ketones (excluding diaryl/α,β-unsaturated/α-hetero) is 1. The third-order valence-corrected chi connectivity index (χ3v) is 4.83. The minimum absolute atomic E-state index is 0.0598. The fraction of sp³-hybridized carbons (Fsp3) is 0.368. The van der Waals surface area contributed by atoms with Gasteiger partial charge in [0.2, 0.25) is 0 Å². The molecule has 1 aliphatic heterocycles. The van der Waals surface area contributed by atoms with Gasteiger partial charge in [-0.2, -0.15) is 0 Å². The first-order valence-corrected chi connectivity index (χ1v) is 8.57. The zero-order valence-corrected chi connectivity index (χ0v) is 14.8. The number of aryl methyl sites for hydroxylation is 2. The Labute approximate surface area is 150 Å². The molecule has 1 fully saturated rings. The molecule has 1 aromatic heterocycles. The topological polar surface area (TPSA) is 92.2 Å². The number of nitrogens with zero attached hydrogens (tertiary/aromatic N) is 2. The van der Waals surface area contributed by atoms with Gasteiger partial charge in [0.05, 0.1) is 0 Å². The number of likely N-dealkylation sites (tertiary alicyclic amines) is 1. The van der Waals surface area contributed by atoms with E-state index in [1.807, 2.05) is 31.2 Å². The van der Waals surface area contributed by atoms with Crippen molar-refractivity contribution >= 4 is 11.7 Å². The van der Waals surface area contributed by atoms with Gasteiger partial charge in [-0.25, -0.2) is 4.79 Å². The number of benzene rings is 1. The van der Waals surface area contributed by atoms with E-state index >= 15 is 0 Å². The predicted molar refractivity (Wildman–Crippen MR) is 96.4 cm³/mol. The molecule has 1 aromatic carbocycles. The van der Waals surface area contributed by atoms with Crippen molar-refractivity contribution in [1.82, 2.24) is 14.5 Å². The van der Waals surface area contributed by atoms with E-state index in [0.29, 0.717) is 31.5 Å². The van der Waals surface area contributed by atoms with E-state index in [1.165, 1.54) is 17.8 Å². The summed E-state index contributed by atoms with van der Waals surface area (Å²) < 4.78 is 1.17. The van der Waals surface area contributed by atoms with Crippen molar-refractivity contribution in [3.05, 3.63) is 68.0 Å². The van der Waals surface area contributed by atoms with E-state index in [0.717, 1.165) is 5.56 Å². The minimum atomic E-state index is -0.684. The Hall–Kier alpha value is -2.96. The van der Waals surface area contributed by atoms with Gasteiger partial charge in [0, 0.05) is 37.8 Å². The second-order valence-corrected chi connectivity index (χ2v) is 6.71. The highest BCUT2D eigenvalue weighted by Gasteiger charge is 2.29. The molecule has 7 heteroatoms. The van der Waals surface area contributed by atoms with E-state index in [9.17, 15) is 19.2 Å². The van der Waals surface area contributed by atoms with Crippen molar-refractivity contribution in [2.24, 2.45) is 13.0 Å². The van der Waals surface area contributed by atoms with Gasteiger partial charge in [-0.15, -0.1) is 0 Å². The van der Waals surface area contributed by atoms with Crippen LogP contribution >= 0.6 is 0 Å². The summed E-state index contributed by atoms with van der Waals surface area (Å²) in [5, 5.41) is 0. The molecule has 1 N–H and O–H groups in total. The summed E-state index contributed by atoms with van der Waals surface area (Å²) in [7, 11) is 1.47. The van der Waals surface area contributed by atoms with Gasteiger partial charge in [-0.1, -0.05) is 29.8 Å². The first-order chi connectivity index (χ1) is 12.4. The van der Waals surface area contributed by atoms with Crippen LogP contribution in [0.1, 0.15) is 39.1 Å². The number of nitrogens with one attached hydrogen (secondary N) is 1. The molecule has 0 aliphatic carbocycles. The molecular formula is C19H21N3O4. The Morgan fingerprint density at radius 1 is 1.08 bits per heavy atom. The van der Waals surface area contributed by atoms with Crippen LogP contribution in [0.5, 0.6) is 0 Å². The number of carbonyl (C=O) groups is 2. The van der Waals surface area contributed by atoms with Crippen LogP contribution in [0, 0.1) is 12.8 Å². The largest absolute Gasteiger partial charge is 0.338 e. The summed E-state index contributed by atoms with van der Waals surface area (Å²) in [4.78, 5) is 52.2. The van der Waals surface area contributed by atoms with Crippen molar-refractivity contribution in [2.45, 2.75) is 19.8 Å². The monoisotopic (exact) mass is 355 g/mol. The highest BCUT2D eigenvalue weighted by Crippen LogP contribution is 2.22. The third-order valence-electron chi connectivity index (χ3n) is 4.83. The highest BCUT2D eigenvalue weighted by atomic mass is 16.2. The molecule has 0 radical (unpaired) electrons. The second kappa shape index (κ2) is 7.11. The Morgan fingerprint density at radius 3 is 2.31 bits per heavy atom. The molecule has 0 bridgehead atoms. The normalized spacial score (nSPS) is 15.1. The van der Waals surface area contributed by atoms with Gasteiger partial charge in [-0.05, 0) is 19.8 Å². The number of amides is 1. The molecule has 0 unspecified atom stereocenters. The molecule has 1 amide bonds. The number of H-pyrrole nitrogens is 1. The van der Waals surface area contributed by atoms with Crippen LogP contribution in [-0.4, -0.2) is 39.2 Å². The predicted octanol–water partition coefficient (Wildman–Crippen LogP) is 1.12. The van der Waals surface area contributed by atoms with Gasteiger partial charge >= 0.3 is 5.69 Å². The third kappa shape index (κ3) is 3.51. The van der Waals surface area contributed by atoms with Crippen molar-refractivity contribution in [3.63, 3.8) is 0 Å². The summed E-state index contributed by atoms with van der Waals surface area (Å²) in [6.45, 7) is 2.78. The Bertz CT molecular complexity index is 948. The lowest BCUT2D eigenvalue weighted by molar-refractivity contribution is 0.0648. The summed E-state index contributed by atoms with van der Waals surface area (Å²) in [6.07, 6.45) is 2.37. The number of carbonyl (C=O) groups excluding carboxylic acids is 2. The van der Waals surface area contributed by atoms with Crippen LogP contribution in [0.25, 0.3) is 0 Å². The van der Waals surface area contributed by atoms with Crippen LogP contribution in [0.2, 0.25) is 0 Å². The van der Waals surface area contributed by atoms with E-state index in [4.69, 9.17) is 0 Å². The molecule has 2 aromatic rings. The molecule has 0 spiro atoms. The summed E-state index contributed by atoms with van der Waals surface area (Å²) in [5.41, 5.74) is 0.486. The van der Waals surface area contributed by atoms with Crippen molar-refractivity contribution in [2.75, 3.05) is 13.1 Å². The molecule has 0 saturated carbocycles. The SMILES string of the molecule is Cc1ccc(C(=O)C2CCN(C(=O)c3cn(C)c(=O)[nH]c3=O)CC2)cc1. The zero-order chi connectivity index (χ0) is 18.8. The van der Waals surface area contributed by atoms with Crippen molar-refractivity contribution in [3.8, 4) is 0 Å². The van der Waals surface area contributed by atoms with E-state index in [1.54, 1.807) is 4.90 Å². The molecule has 2 heterocycles. The van der Waals surface area contributed by atoms with Crippen LogP contribution in [0.15, 0.2) is 40.1 Å². The number of rotatable bonds is 3. The van der Waals surface area contributed by atoms with Crippen LogP contribution in [0.4, 0.5) is 0 Å². The lowest BCUT2D eigenvalue weighted by Crippen LogP contribution is -2.43. The highest BCUT2D eigenvalue weighted by molar-refractivity contribution is 5.98. The van der Waals surface area contributed by atoms with E-state index < -0.39 is 17.2 Å². The van der Waals surface area contributed by atoms with E-state index in [-0.39, 0.29) is 17.3 Å². The van der Waals surface area contributed by atoms with Gasteiger partial charge in [0.25, 0.3) is 11.5 Å². The molecule has 26 heavy (non-hydrogen) atoms. The summed E-state index contributed by atoms with van der Waals surface area (Å²) in [5.74, 6) is -0.444. The summed E-state index contributed by atoms with van der Waals surface area (Å²) in [6, 6.07) is 7.49. The van der Waals surface area contributed by atoms with Gasteiger partial charge in [-0.3, -0.25) is 19.4 Å². The summed E-state index contributed by atoms with van der Waals surface area (Å²) >= 11 is 0. The van der Waals surface area contributed by atoms with Gasteiger partial charge in [0.15, 0.2) is 5.78 Å². The lowest BCUT2D eigenvalue weighted by atomic mass is 9.88. The molecular weight excluding hydrogens is 334 g/mol. The van der Waals surface area contributed by atoms with Crippen LogP contribution < -0.4 is 11.2 Å². The first kappa shape index (κ1) is 17.8. The molecule has 3 rings (SSSR count). The molecule has 1 saturated heterocycles. The fourth-order valence-corrected chi connectivity index (χ4v) is 3.18. The number of hydrogen-bond donors (Lipinski definition) is 1. The molecule has 136 valence electrons. The Kier molecular flexibility index (Phi) is 4.88. The average Bonchev–Trinajstić information content (AvgIpc) is 2.64. The Morgan fingerprint density at radius 2 is 1.69 bits per heavy atom. The quantitative estimate of drug-likeness (QED) is 0.835. The van der Waals surface area contributed by atoms with Crippen LogP contribution in [0.3, 0.4) is 0 Å². The maximum absolute atomic E-state index is 12.6. The number of ketones is 1. The maximum atomic E-state index is 12.6. The minimum Gasteiger partial charge on any atom is -0.338 e. The average molecular weight is 355 g/mol. The number of piperidine rings is 1. The number of aromatic nitrogens is 2. The zero-order valence-electron chi connectivity index (χ0n) is 14.8. The fourth-order valence-electron chi connectivity index (χ4n) is 3.18. The smallest absolute Gasteiger partial charge is 0.328 e. The van der Waals surface area contributed by atoms with Crippen molar-refractivity contribution < 1.29 is 9.59 Å². The lowest BCUT2D eigenvalue weighted by Gasteiger charge is -2.31. The van der Waals surface area contributed by atoms with Gasteiger partial charge in [0.1, 0.15) is 5.56 Å². The van der Waals surface area contributed by atoms with Gasteiger partial charge < -0.3 is 9.47 Å². The maximum Gasteiger partial charge on any atom is 0.328 e. The molecule has 7 nitrogen and oxygen atoms in total. The van der Waals surface area contributed by atoms with E-state index in [2.05, 4.69) is 4.98 Å². The van der Waals surface area contributed by atoms with Crippen molar-refractivity contribution in [1.29, 1.82) is 0 Å². The Balaban J connectivity index is 1.68. The molecule has 1 aliphatic rings. The second-order valence-electron chi connectivity index (χ2n) is 6.71.